The summed E-state index contributed by atoms with van der Waals surface area (Å²) >= 11 is 0. The highest BCUT2D eigenvalue weighted by Crippen LogP contribution is 2.30. The lowest BCUT2D eigenvalue weighted by molar-refractivity contribution is -0.0517. The highest BCUT2D eigenvalue weighted by molar-refractivity contribution is 5.71. The van der Waals surface area contributed by atoms with E-state index >= 15 is 0 Å². The summed E-state index contributed by atoms with van der Waals surface area (Å²) in [7, 11) is 1.56. The van der Waals surface area contributed by atoms with Crippen molar-refractivity contribution in [2.75, 3.05) is 20.2 Å². The molecule has 10 nitrogen and oxygen atoms in total. The number of alkyl carbamates (subject to hydrolysis) is 1. The fourth-order valence-electron chi connectivity index (χ4n) is 3.56. The summed E-state index contributed by atoms with van der Waals surface area (Å²) in [5.74, 6) is 2.96. The van der Waals surface area contributed by atoms with Gasteiger partial charge in [-0.05, 0) is 65.7 Å². The van der Waals surface area contributed by atoms with Crippen LogP contribution in [0.15, 0.2) is 24.3 Å². The van der Waals surface area contributed by atoms with Crippen molar-refractivity contribution >= 4 is 18.3 Å². The van der Waals surface area contributed by atoms with E-state index in [1.54, 1.807) is 60.8 Å². The van der Waals surface area contributed by atoms with E-state index in [0.29, 0.717) is 5.75 Å². The fourth-order valence-corrected chi connectivity index (χ4v) is 3.56. The van der Waals surface area contributed by atoms with Crippen LogP contribution >= 0.6 is 0 Å². The van der Waals surface area contributed by atoms with Gasteiger partial charge in [0.25, 0.3) is 0 Å². The Balaban J connectivity index is 2.40. The summed E-state index contributed by atoms with van der Waals surface area (Å²) in [6.45, 7) is 10.2. The molecule has 0 aromatic heterocycles. The van der Waals surface area contributed by atoms with Crippen molar-refractivity contribution in [1.29, 1.82) is 0 Å². The van der Waals surface area contributed by atoms with Gasteiger partial charge in [-0.2, -0.15) is 0 Å². The third kappa shape index (κ3) is 8.87. The Morgan fingerprint density at radius 3 is 2.17 bits per heavy atom. The average molecular weight is 505 g/mol. The van der Waals surface area contributed by atoms with Crippen LogP contribution in [0.2, 0.25) is 0 Å². The number of hydrogen-bond acceptors (Lipinski definition) is 8. The van der Waals surface area contributed by atoms with Gasteiger partial charge in [-0.25, -0.2) is 14.4 Å². The number of carbonyl (C=O) groups is 3. The molecule has 0 aliphatic carbocycles. The van der Waals surface area contributed by atoms with Crippen LogP contribution in [0, 0.1) is 12.3 Å². The molecule has 10 heteroatoms. The average Bonchev–Trinajstić information content (AvgIpc) is 3.07. The van der Waals surface area contributed by atoms with Gasteiger partial charge in [0.05, 0.1) is 26.2 Å². The van der Waals surface area contributed by atoms with Crippen LogP contribution in [0.1, 0.15) is 47.1 Å². The zero-order valence-corrected chi connectivity index (χ0v) is 22.0. The van der Waals surface area contributed by atoms with Crippen molar-refractivity contribution in [3.05, 3.63) is 29.8 Å². The molecule has 2 amide bonds. The summed E-state index contributed by atoms with van der Waals surface area (Å²) in [4.78, 5) is 39.5. The maximum atomic E-state index is 13.2. The highest BCUT2D eigenvalue weighted by Gasteiger charge is 2.50. The molecule has 36 heavy (non-hydrogen) atoms. The first-order valence-corrected chi connectivity index (χ1v) is 11.6. The van der Waals surface area contributed by atoms with Gasteiger partial charge in [-0.15, -0.1) is 6.42 Å². The number of terminal acetylenes is 1. The van der Waals surface area contributed by atoms with Crippen LogP contribution in [0.3, 0.4) is 0 Å². The van der Waals surface area contributed by atoms with Gasteiger partial charge in [0, 0.05) is 0 Å². The van der Waals surface area contributed by atoms with E-state index in [4.69, 9.17) is 30.1 Å². The van der Waals surface area contributed by atoms with Gasteiger partial charge >= 0.3 is 18.3 Å². The normalized spacial score (nSPS) is 19.6. The van der Waals surface area contributed by atoms with Gasteiger partial charge in [-0.1, -0.05) is 18.1 Å². The minimum Gasteiger partial charge on any atom is -0.497 e. The number of nitrogens with one attached hydrogen (secondary N) is 1. The van der Waals surface area contributed by atoms with Crippen LogP contribution in [0.5, 0.6) is 5.75 Å². The van der Waals surface area contributed by atoms with Crippen LogP contribution in [0.4, 0.5) is 14.4 Å². The van der Waals surface area contributed by atoms with Crippen molar-refractivity contribution in [2.45, 2.75) is 77.4 Å². The fraction of sp³-hybridized carbons (Fsp3) is 0.577. The Morgan fingerprint density at radius 1 is 1.03 bits per heavy atom. The third-order valence-electron chi connectivity index (χ3n) is 4.97. The van der Waals surface area contributed by atoms with E-state index < -0.39 is 47.8 Å². The number of methoxy groups -OCH3 is 1. The molecule has 198 valence electrons. The number of hydrogen-bond donors (Lipinski definition) is 1. The van der Waals surface area contributed by atoms with Crippen molar-refractivity contribution in [3.8, 4) is 18.1 Å². The minimum atomic E-state index is -1.02. The SMILES string of the molecule is C#CCNC(=O)O[C@@H]1[C@@H](OC(=O)OC(C)(C)C)CN(C(=O)OC(C)(C)C)[C@@H]1Cc1ccc(OC)cc1. The Labute approximate surface area is 212 Å². The second-order valence-corrected chi connectivity index (χ2v) is 10.3. The molecule has 0 saturated carbocycles. The molecule has 0 unspecified atom stereocenters. The predicted molar refractivity (Wildman–Crippen MR) is 132 cm³/mol. The van der Waals surface area contributed by atoms with E-state index in [0.717, 1.165) is 5.56 Å². The summed E-state index contributed by atoms with van der Waals surface area (Å²) in [6.07, 6.45) is 1.10. The maximum Gasteiger partial charge on any atom is 0.509 e. The van der Waals surface area contributed by atoms with Crippen LogP contribution in [-0.4, -0.2) is 72.9 Å². The number of rotatable bonds is 6. The molecule has 1 aromatic rings. The van der Waals surface area contributed by atoms with Gasteiger partial charge in [-0.3, -0.25) is 4.90 Å². The Kier molecular flexibility index (Phi) is 9.45. The van der Waals surface area contributed by atoms with Crippen LogP contribution in [-0.2, 0) is 25.4 Å². The standard InChI is InChI=1S/C26H36N2O8/c1-9-14-27-22(29)34-21-19(15-17-10-12-18(32-8)13-11-17)28(23(30)35-25(2,3)4)16-20(21)33-24(31)36-26(5,6)7/h1,10-13,19-21H,14-16H2,2-8H3,(H,27,29)/t19-,20+,21+/m1/s1. The molecule has 1 heterocycles. The van der Waals surface area contributed by atoms with Crippen molar-refractivity contribution < 1.29 is 38.1 Å². The first-order valence-electron chi connectivity index (χ1n) is 11.6. The lowest BCUT2D eigenvalue weighted by Crippen LogP contribution is -2.46. The molecule has 1 aliphatic rings. The molecule has 1 saturated heterocycles. The second kappa shape index (κ2) is 11.9. The van der Waals surface area contributed by atoms with Crippen molar-refractivity contribution in [1.82, 2.24) is 10.2 Å². The number of benzene rings is 1. The molecule has 1 aliphatic heterocycles. The number of amides is 2. The number of carbonyl (C=O) groups excluding carboxylic acids is 3. The van der Waals surface area contributed by atoms with E-state index in [-0.39, 0.29) is 19.5 Å². The molecule has 1 N–H and O–H groups in total. The molecular formula is C26H36N2O8. The van der Waals surface area contributed by atoms with Gasteiger partial charge < -0.3 is 29.0 Å². The van der Waals surface area contributed by atoms with E-state index in [2.05, 4.69) is 11.2 Å². The predicted octanol–water partition coefficient (Wildman–Crippen LogP) is 3.91. The smallest absolute Gasteiger partial charge is 0.497 e. The Bertz CT molecular complexity index is 956. The topological polar surface area (TPSA) is 113 Å². The molecule has 0 radical (unpaired) electrons. The van der Waals surface area contributed by atoms with E-state index in [1.807, 2.05) is 12.1 Å². The number of nitrogens with zero attached hydrogens (tertiary/aromatic N) is 1. The Hall–Kier alpha value is -3.61. The second-order valence-electron chi connectivity index (χ2n) is 10.3. The van der Waals surface area contributed by atoms with Gasteiger partial charge in [0.2, 0.25) is 0 Å². The summed E-state index contributed by atoms with van der Waals surface area (Å²) in [5.41, 5.74) is -0.736. The third-order valence-corrected chi connectivity index (χ3v) is 4.97. The maximum absolute atomic E-state index is 13.2. The Morgan fingerprint density at radius 2 is 1.64 bits per heavy atom. The van der Waals surface area contributed by atoms with E-state index in [1.165, 1.54) is 4.90 Å². The first kappa shape index (κ1) is 28.6. The van der Waals surface area contributed by atoms with Crippen LogP contribution < -0.4 is 10.1 Å². The zero-order chi connectivity index (χ0) is 27.1. The molecule has 1 fully saturated rings. The molecule has 0 bridgehead atoms. The molecular weight excluding hydrogens is 468 g/mol. The molecule has 3 atom stereocenters. The number of ether oxygens (including phenoxy) is 5. The molecule has 2 rings (SSSR count). The zero-order valence-electron chi connectivity index (χ0n) is 22.0. The van der Waals surface area contributed by atoms with Crippen molar-refractivity contribution in [3.63, 3.8) is 0 Å². The number of likely N-dealkylation sites (tertiary alicyclic amines) is 1. The summed E-state index contributed by atoms with van der Waals surface area (Å²) in [6, 6.07) is 6.53. The molecule has 1 aromatic carbocycles. The van der Waals surface area contributed by atoms with E-state index in [9.17, 15) is 14.4 Å². The van der Waals surface area contributed by atoms with Gasteiger partial charge in [0.15, 0.2) is 12.2 Å². The summed E-state index contributed by atoms with van der Waals surface area (Å²) in [5, 5.41) is 2.43. The van der Waals surface area contributed by atoms with Crippen LogP contribution in [0.25, 0.3) is 0 Å². The lowest BCUT2D eigenvalue weighted by atomic mass is 10.0. The van der Waals surface area contributed by atoms with Crippen molar-refractivity contribution in [2.24, 2.45) is 0 Å². The highest BCUT2D eigenvalue weighted by atomic mass is 16.7. The first-order chi connectivity index (χ1) is 16.7. The largest absolute Gasteiger partial charge is 0.509 e. The van der Waals surface area contributed by atoms with Gasteiger partial charge in [0.1, 0.15) is 17.0 Å². The molecule has 0 spiro atoms. The minimum absolute atomic E-state index is 0.0535. The quantitative estimate of drug-likeness (QED) is 0.353. The lowest BCUT2D eigenvalue weighted by Gasteiger charge is -2.30. The monoisotopic (exact) mass is 504 g/mol. The summed E-state index contributed by atoms with van der Waals surface area (Å²) < 4.78 is 27.3.